The van der Waals surface area contributed by atoms with E-state index < -0.39 is 11.2 Å². The highest BCUT2D eigenvalue weighted by Gasteiger charge is 2.52. The lowest BCUT2D eigenvalue weighted by Crippen LogP contribution is -2.39. The van der Waals surface area contributed by atoms with Crippen LogP contribution >= 0.6 is 0 Å². The fourth-order valence-electron chi connectivity index (χ4n) is 7.78. The molecule has 0 aromatic rings. The first-order valence-corrected chi connectivity index (χ1v) is 13.6. The first-order valence-electron chi connectivity index (χ1n) is 13.6. The third kappa shape index (κ3) is 6.19. The molecule has 3 aliphatic carbocycles. The third-order valence-corrected chi connectivity index (χ3v) is 10.0. The Labute approximate surface area is 198 Å². The molecule has 0 aromatic carbocycles. The summed E-state index contributed by atoms with van der Waals surface area (Å²) in [5, 5.41) is 21.3. The molecule has 3 rings (SSSR count). The van der Waals surface area contributed by atoms with Gasteiger partial charge in [-0.15, -0.1) is 0 Å². The number of aliphatic hydroxyl groups is 2. The van der Waals surface area contributed by atoms with Gasteiger partial charge in [0.25, 0.3) is 0 Å². The molecule has 0 heterocycles. The van der Waals surface area contributed by atoms with Gasteiger partial charge in [0.1, 0.15) is 0 Å². The molecule has 2 N–H and O–H groups in total. The number of ether oxygens (including phenoxy) is 1. The lowest BCUT2D eigenvalue weighted by Gasteiger charge is -2.47. The standard InChI is InChI=1S/C29H52O3/c1-21-13-17-28(4,31)20-24(21)10-9-23-8-7-15-29(5)25(11-12-26(23)29)22(2)14-16-27(3,30)18-19-32-6/h10,21-23,25-26,30-31H,7-9,11-20H2,1-6H3. The molecule has 8 unspecified atom stereocenters. The zero-order chi connectivity index (χ0) is 23.6. The largest absolute Gasteiger partial charge is 0.390 e. The summed E-state index contributed by atoms with van der Waals surface area (Å²) in [6.07, 6.45) is 16.3. The number of methoxy groups -OCH3 is 1. The summed E-state index contributed by atoms with van der Waals surface area (Å²) in [4.78, 5) is 0. The Morgan fingerprint density at radius 2 is 1.91 bits per heavy atom. The Bertz CT molecular complexity index is 636. The Kier molecular flexibility index (Phi) is 8.59. The van der Waals surface area contributed by atoms with Crippen LogP contribution in [0.25, 0.3) is 0 Å². The van der Waals surface area contributed by atoms with Gasteiger partial charge in [-0.3, -0.25) is 0 Å². The van der Waals surface area contributed by atoms with E-state index in [1.807, 2.05) is 13.8 Å². The zero-order valence-corrected chi connectivity index (χ0v) is 22.0. The van der Waals surface area contributed by atoms with Crippen LogP contribution in [0.3, 0.4) is 0 Å². The summed E-state index contributed by atoms with van der Waals surface area (Å²) in [6.45, 7) is 12.0. The molecule has 0 aliphatic heterocycles. The van der Waals surface area contributed by atoms with Gasteiger partial charge in [0.15, 0.2) is 0 Å². The van der Waals surface area contributed by atoms with E-state index in [0.717, 1.165) is 56.3 Å². The van der Waals surface area contributed by atoms with Crippen LogP contribution in [0.5, 0.6) is 0 Å². The maximum absolute atomic E-state index is 10.7. The lowest BCUT2D eigenvalue weighted by atomic mass is 9.58. The second kappa shape index (κ2) is 10.5. The number of allylic oxidation sites excluding steroid dienone is 1. The minimum atomic E-state index is -0.609. The monoisotopic (exact) mass is 448 g/mol. The van der Waals surface area contributed by atoms with E-state index in [-0.39, 0.29) is 0 Å². The van der Waals surface area contributed by atoms with E-state index in [0.29, 0.717) is 23.9 Å². The van der Waals surface area contributed by atoms with Gasteiger partial charge in [-0.1, -0.05) is 38.8 Å². The van der Waals surface area contributed by atoms with Gasteiger partial charge in [0, 0.05) is 13.7 Å². The first kappa shape index (κ1) is 26.2. The van der Waals surface area contributed by atoms with E-state index in [2.05, 4.69) is 26.8 Å². The van der Waals surface area contributed by atoms with Crippen molar-refractivity contribution in [2.24, 2.45) is 35.0 Å². The highest BCUT2D eigenvalue weighted by Crippen LogP contribution is 2.60. The van der Waals surface area contributed by atoms with Crippen molar-refractivity contribution < 1.29 is 14.9 Å². The minimum Gasteiger partial charge on any atom is -0.390 e. The molecule has 3 nitrogen and oxygen atoms in total. The summed E-state index contributed by atoms with van der Waals surface area (Å²) in [5.74, 6) is 3.74. The topological polar surface area (TPSA) is 49.7 Å². The molecule has 8 atom stereocenters. The van der Waals surface area contributed by atoms with Crippen molar-refractivity contribution in [1.82, 2.24) is 0 Å². The lowest BCUT2D eigenvalue weighted by molar-refractivity contribution is -0.00193. The predicted molar refractivity (Wildman–Crippen MR) is 134 cm³/mol. The molecule has 0 amide bonds. The Morgan fingerprint density at radius 3 is 2.62 bits per heavy atom. The third-order valence-electron chi connectivity index (χ3n) is 10.0. The van der Waals surface area contributed by atoms with Crippen LogP contribution in [0.2, 0.25) is 0 Å². The van der Waals surface area contributed by atoms with Crippen LogP contribution in [0.1, 0.15) is 112 Å². The van der Waals surface area contributed by atoms with E-state index in [1.54, 1.807) is 7.11 Å². The summed E-state index contributed by atoms with van der Waals surface area (Å²) in [5.41, 5.74) is 0.859. The smallest absolute Gasteiger partial charge is 0.0657 e. The number of rotatable bonds is 9. The molecule has 0 radical (unpaired) electrons. The quantitative estimate of drug-likeness (QED) is 0.377. The molecule has 3 aliphatic rings. The average molecular weight is 449 g/mol. The van der Waals surface area contributed by atoms with E-state index >= 15 is 0 Å². The molecule has 3 fully saturated rings. The van der Waals surface area contributed by atoms with Gasteiger partial charge in [-0.25, -0.2) is 0 Å². The van der Waals surface area contributed by atoms with Crippen LogP contribution in [-0.4, -0.2) is 35.1 Å². The van der Waals surface area contributed by atoms with Gasteiger partial charge < -0.3 is 14.9 Å². The SMILES string of the molecule is COCCC(C)(O)CCC(C)C1CCC2C(CC=C3CC(C)(O)CCC3C)CCCC12C. The summed E-state index contributed by atoms with van der Waals surface area (Å²) in [6, 6.07) is 0. The minimum absolute atomic E-state index is 0.461. The molecule has 32 heavy (non-hydrogen) atoms. The Morgan fingerprint density at radius 1 is 1.16 bits per heavy atom. The second-order valence-corrected chi connectivity index (χ2v) is 12.8. The van der Waals surface area contributed by atoms with Crippen molar-refractivity contribution >= 4 is 0 Å². The molecule has 186 valence electrons. The molecular formula is C29H52O3. The molecular weight excluding hydrogens is 396 g/mol. The van der Waals surface area contributed by atoms with Gasteiger partial charge in [0.05, 0.1) is 11.2 Å². The maximum atomic E-state index is 10.7. The predicted octanol–water partition coefficient (Wildman–Crippen LogP) is 6.91. The molecule has 0 aromatic heterocycles. The molecule has 0 saturated heterocycles. The van der Waals surface area contributed by atoms with Crippen LogP contribution in [0.15, 0.2) is 11.6 Å². The van der Waals surface area contributed by atoms with Gasteiger partial charge >= 0.3 is 0 Å². The van der Waals surface area contributed by atoms with Gasteiger partial charge in [-0.05, 0) is 119 Å². The van der Waals surface area contributed by atoms with E-state index in [9.17, 15) is 10.2 Å². The molecule has 0 spiro atoms. The summed E-state index contributed by atoms with van der Waals surface area (Å²) < 4.78 is 5.19. The highest BCUT2D eigenvalue weighted by atomic mass is 16.5. The van der Waals surface area contributed by atoms with Crippen molar-refractivity contribution in [1.29, 1.82) is 0 Å². The van der Waals surface area contributed by atoms with Crippen LogP contribution in [0, 0.1) is 35.0 Å². The first-order chi connectivity index (χ1) is 15.0. The number of hydrogen-bond donors (Lipinski definition) is 2. The molecule has 3 heteroatoms. The van der Waals surface area contributed by atoms with Crippen LogP contribution in [0.4, 0.5) is 0 Å². The van der Waals surface area contributed by atoms with Gasteiger partial charge in [-0.2, -0.15) is 0 Å². The molecule has 3 saturated carbocycles. The van der Waals surface area contributed by atoms with Crippen LogP contribution in [-0.2, 0) is 4.74 Å². The van der Waals surface area contributed by atoms with Crippen molar-refractivity contribution in [3.63, 3.8) is 0 Å². The Hall–Kier alpha value is -0.380. The van der Waals surface area contributed by atoms with Crippen molar-refractivity contribution in [3.05, 3.63) is 11.6 Å². The number of fused-ring (bicyclic) bond motifs is 1. The second-order valence-electron chi connectivity index (χ2n) is 12.8. The van der Waals surface area contributed by atoms with E-state index in [4.69, 9.17) is 4.74 Å². The fraction of sp³-hybridized carbons (Fsp3) is 0.931. The van der Waals surface area contributed by atoms with Crippen molar-refractivity contribution in [2.45, 2.75) is 123 Å². The maximum Gasteiger partial charge on any atom is 0.0657 e. The average Bonchev–Trinajstić information content (AvgIpc) is 3.09. The highest BCUT2D eigenvalue weighted by molar-refractivity contribution is 5.14. The van der Waals surface area contributed by atoms with E-state index in [1.165, 1.54) is 44.1 Å². The normalized spacial score (nSPS) is 41.9. The van der Waals surface area contributed by atoms with Crippen LogP contribution < -0.4 is 0 Å². The van der Waals surface area contributed by atoms with Crippen molar-refractivity contribution in [3.8, 4) is 0 Å². The molecule has 0 bridgehead atoms. The fourth-order valence-corrected chi connectivity index (χ4v) is 7.78. The van der Waals surface area contributed by atoms with Gasteiger partial charge in [0.2, 0.25) is 0 Å². The Balaban J connectivity index is 1.61. The summed E-state index contributed by atoms with van der Waals surface area (Å²) >= 11 is 0. The summed E-state index contributed by atoms with van der Waals surface area (Å²) in [7, 11) is 1.71. The zero-order valence-electron chi connectivity index (χ0n) is 22.0. The van der Waals surface area contributed by atoms with Crippen molar-refractivity contribution in [2.75, 3.05) is 13.7 Å². The number of hydrogen-bond acceptors (Lipinski definition) is 3.